The van der Waals surface area contributed by atoms with E-state index in [1.165, 1.54) is 11.1 Å². The lowest BCUT2D eigenvalue weighted by atomic mass is 9.94. The molecule has 0 aliphatic carbocycles. The molecular formula is C15H21NO3. The van der Waals surface area contributed by atoms with Gasteiger partial charge in [0.25, 0.3) is 0 Å². The van der Waals surface area contributed by atoms with E-state index in [4.69, 9.17) is 9.47 Å². The second-order valence-corrected chi connectivity index (χ2v) is 5.48. The fraction of sp³-hybridized carbons (Fsp3) is 0.600. The van der Waals surface area contributed by atoms with E-state index in [9.17, 15) is 5.11 Å². The smallest absolute Gasteiger partial charge is 0.122 e. The van der Waals surface area contributed by atoms with Crippen LogP contribution in [-0.4, -0.2) is 37.1 Å². The number of hydrogen-bond donors (Lipinski definition) is 2. The highest BCUT2D eigenvalue weighted by atomic mass is 16.5. The zero-order valence-corrected chi connectivity index (χ0v) is 11.2. The molecule has 19 heavy (non-hydrogen) atoms. The van der Waals surface area contributed by atoms with Crippen molar-refractivity contribution in [1.82, 2.24) is 5.32 Å². The van der Waals surface area contributed by atoms with Crippen LogP contribution in [0.3, 0.4) is 0 Å². The fourth-order valence-electron chi connectivity index (χ4n) is 2.72. The molecular weight excluding hydrogens is 242 g/mol. The molecule has 4 heteroatoms. The molecule has 2 aliphatic rings. The molecule has 104 valence electrons. The van der Waals surface area contributed by atoms with Crippen LogP contribution in [0.15, 0.2) is 18.2 Å². The van der Waals surface area contributed by atoms with Gasteiger partial charge in [0.05, 0.1) is 12.2 Å². The lowest BCUT2D eigenvalue weighted by molar-refractivity contribution is -0.0617. The van der Waals surface area contributed by atoms with Crippen molar-refractivity contribution in [3.05, 3.63) is 29.3 Å². The van der Waals surface area contributed by atoms with Crippen LogP contribution in [-0.2, 0) is 17.7 Å². The Morgan fingerprint density at radius 3 is 2.89 bits per heavy atom. The van der Waals surface area contributed by atoms with Gasteiger partial charge in [0.2, 0.25) is 0 Å². The number of ether oxygens (including phenoxy) is 2. The summed E-state index contributed by atoms with van der Waals surface area (Å²) in [4.78, 5) is 0. The topological polar surface area (TPSA) is 50.7 Å². The zero-order valence-electron chi connectivity index (χ0n) is 11.2. The van der Waals surface area contributed by atoms with Crippen LogP contribution in [0.25, 0.3) is 0 Å². The van der Waals surface area contributed by atoms with Gasteiger partial charge >= 0.3 is 0 Å². The van der Waals surface area contributed by atoms with Crippen LogP contribution in [0.2, 0.25) is 0 Å². The number of nitrogens with one attached hydrogen (secondary N) is 1. The lowest BCUT2D eigenvalue weighted by Gasteiger charge is -2.32. The van der Waals surface area contributed by atoms with E-state index < -0.39 is 5.60 Å². The van der Waals surface area contributed by atoms with E-state index in [1.54, 1.807) is 0 Å². The van der Waals surface area contributed by atoms with Gasteiger partial charge in [0, 0.05) is 45.6 Å². The highest BCUT2D eigenvalue weighted by molar-refractivity contribution is 5.39. The van der Waals surface area contributed by atoms with Gasteiger partial charge in [0.15, 0.2) is 0 Å². The Hall–Kier alpha value is -1.10. The average molecular weight is 263 g/mol. The molecule has 4 nitrogen and oxygen atoms in total. The summed E-state index contributed by atoms with van der Waals surface area (Å²) in [6.07, 6.45) is 2.44. The summed E-state index contributed by atoms with van der Waals surface area (Å²) in [6.45, 7) is 3.54. The average Bonchev–Trinajstić information content (AvgIpc) is 2.87. The zero-order chi connectivity index (χ0) is 13.1. The molecule has 2 aliphatic heterocycles. The number of aliphatic hydroxyl groups is 1. The Balaban J connectivity index is 1.52. The Morgan fingerprint density at radius 1 is 1.21 bits per heavy atom. The molecule has 1 fully saturated rings. The Kier molecular flexibility index (Phi) is 3.73. The summed E-state index contributed by atoms with van der Waals surface area (Å²) < 4.78 is 10.8. The summed E-state index contributed by atoms with van der Waals surface area (Å²) >= 11 is 0. The van der Waals surface area contributed by atoms with Gasteiger partial charge in [-0.3, -0.25) is 0 Å². The van der Waals surface area contributed by atoms with Crippen molar-refractivity contribution in [2.24, 2.45) is 0 Å². The van der Waals surface area contributed by atoms with Gasteiger partial charge in [-0.2, -0.15) is 0 Å². The highest BCUT2D eigenvalue weighted by Gasteiger charge is 2.29. The molecule has 0 atom stereocenters. The van der Waals surface area contributed by atoms with Crippen molar-refractivity contribution in [3.8, 4) is 5.75 Å². The summed E-state index contributed by atoms with van der Waals surface area (Å²) in [5.74, 6) is 1.02. The quantitative estimate of drug-likeness (QED) is 0.858. The van der Waals surface area contributed by atoms with E-state index in [0.29, 0.717) is 19.8 Å². The molecule has 0 unspecified atom stereocenters. The largest absolute Gasteiger partial charge is 0.493 e. The SMILES string of the molecule is OC1(CNCc2ccc3c(c2)CCO3)CCOCC1. The highest BCUT2D eigenvalue weighted by Crippen LogP contribution is 2.26. The first-order valence-electron chi connectivity index (χ1n) is 7.01. The second kappa shape index (κ2) is 5.49. The van der Waals surface area contributed by atoms with Crippen LogP contribution in [0.5, 0.6) is 5.75 Å². The van der Waals surface area contributed by atoms with Gasteiger partial charge in [-0.15, -0.1) is 0 Å². The second-order valence-electron chi connectivity index (χ2n) is 5.48. The van der Waals surface area contributed by atoms with Crippen LogP contribution in [0.4, 0.5) is 0 Å². The van der Waals surface area contributed by atoms with E-state index in [1.807, 2.05) is 6.07 Å². The van der Waals surface area contributed by atoms with Crippen LogP contribution in [0.1, 0.15) is 24.0 Å². The summed E-state index contributed by atoms with van der Waals surface area (Å²) in [6, 6.07) is 6.33. The number of benzene rings is 1. The van der Waals surface area contributed by atoms with Crippen molar-refractivity contribution in [2.75, 3.05) is 26.4 Å². The molecule has 0 amide bonds. The maximum Gasteiger partial charge on any atom is 0.122 e. The number of rotatable bonds is 4. The Morgan fingerprint density at radius 2 is 2.05 bits per heavy atom. The maximum absolute atomic E-state index is 10.3. The standard InChI is InChI=1S/C15H21NO3/c17-15(4-7-18-8-5-15)11-16-10-12-1-2-14-13(9-12)3-6-19-14/h1-2,9,16-17H,3-8,10-11H2. The first kappa shape index (κ1) is 12.9. The third-order valence-electron chi connectivity index (χ3n) is 3.96. The molecule has 1 aromatic rings. The molecule has 2 heterocycles. The van der Waals surface area contributed by atoms with Crippen molar-refractivity contribution >= 4 is 0 Å². The van der Waals surface area contributed by atoms with Crippen molar-refractivity contribution in [1.29, 1.82) is 0 Å². The van der Waals surface area contributed by atoms with Gasteiger partial charge in [0.1, 0.15) is 5.75 Å². The lowest BCUT2D eigenvalue weighted by Crippen LogP contribution is -2.44. The summed E-state index contributed by atoms with van der Waals surface area (Å²) in [5, 5.41) is 13.7. The molecule has 0 bridgehead atoms. The molecule has 1 aromatic carbocycles. The normalized spacial score (nSPS) is 20.9. The van der Waals surface area contributed by atoms with Crippen molar-refractivity contribution in [2.45, 2.75) is 31.4 Å². The predicted molar refractivity (Wildman–Crippen MR) is 72.4 cm³/mol. The Bertz CT molecular complexity index is 441. The van der Waals surface area contributed by atoms with E-state index in [2.05, 4.69) is 17.4 Å². The molecule has 0 saturated carbocycles. The molecule has 3 rings (SSSR count). The minimum atomic E-state index is -0.599. The van der Waals surface area contributed by atoms with Crippen LogP contribution >= 0.6 is 0 Å². The van der Waals surface area contributed by atoms with E-state index in [-0.39, 0.29) is 0 Å². The maximum atomic E-state index is 10.3. The molecule has 0 radical (unpaired) electrons. The Labute approximate surface area is 113 Å². The van der Waals surface area contributed by atoms with E-state index >= 15 is 0 Å². The van der Waals surface area contributed by atoms with Crippen molar-refractivity contribution in [3.63, 3.8) is 0 Å². The number of hydrogen-bond acceptors (Lipinski definition) is 4. The minimum Gasteiger partial charge on any atom is -0.493 e. The van der Waals surface area contributed by atoms with Gasteiger partial charge in [-0.1, -0.05) is 12.1 Å². The van der Waals surface area contributed by atoms with Crippen LogP contribution in [0, 0.1) is 0 Å². The fourth-order valence-corrected chi connectivity index (χ4v) is 2.72. The third kappa shape index (κ3) is 3.08. The first-order valence-corrected chi connectivity index (χ1v) is 7.01. The monoisotopic (exact) mass is 263 g/mol. The van der Waals surface area contributed by atoms with E-state index in [0.717, 1.165) is 38.2 Å². The minimum absolute atomic E-state index is 0.599. The first-order chi connectivity index (χ1) is 9.25. The molecule has 2 N–H and O–H groups in total. The molecule has 0 spiro atoms. The summed E-state index contributed by atoms with van der Waals surface area (Å²) in [7, 11) is 0. The van der Waals surface area contributed by atoms with Gasteiger partial charge < -0.3 is 19.9 Å². The summed E-state index contributed by atoms with van der Waals surface area (Å²) in [5.41, 5.74) is 1.95. The third-order valence-corrected chi connectivity index (χ3v) is 3.96. The van der Waals surface area contributed by atoms with Gasteiger partial charge in [-0.05, 0) is 17.2 Å². The number of fused-ring (bicyclic) bond motifs is 1. The van der Waals surface area contributed by atoms with Crippen molar-refractivity contribution < 1.29 is 14.6 Å². The predicted octanol–water partition coefficient (Wildman–Crippen LogP) is 1.25. The van der Waals surface area contributed by atoms with Crippen LogP contribution < -0.4 is 10.1 Å². The molecule has 1 saturated heterocycles. The van der Waals surface area contributed by atoms with Gasteiger partial charge in [-0.25, -0.2) is 0 Å². The molecule has 0 aromatic heterocycles.